The van der Waals surface area contributed by atoms with Crippen molar-refractivity contribution in [2.75, 3.05) is 0 Å². The number of hydrogen-bond acceptors (Lipinski definition) is 5. The Morgan fingerprint density at radius 2 is 2.16 bits per heavy atom. The summed E-state index contributed by atoms with van der Waals surface area (Å²) in [5.74, 6) is 0.302. The van der Waals surface area contributed by atoms with Gasteiger partial charge in [-0.05, 0) is 23.1 Å². The van der Waals surface area contributed by atoms with E-state index in [1.54, 1.807) is 18.5 Å². The predicted octanol–water partition coefficient (Wildman–Crippen LogP) is 1.57. The molecule has 0 aliphatic heterocycles. The Balaban J connectivity index is 1.91. The topological polar surface area (TPSA) is 103 Å². The number of pyridine rings is 1. The van der Waals surface area contributed by atoms with Crippen LogP contribution in [0.2, 0.25) is 0 Å². The molecule has 0 fully saturated rings. The highest BCUT2D eigenvalue weighted by Crippen LogP contribution is 2.16. The smallest absolute Gasteiger partial charge is 0.358 e. The van der Waals surface area contributed by atoms with Crippen molar-refractivity contribution in [1.82, 2.24) is 25.0 Å². The maximum atomic E-state index is 10.6. The van der Waals surface area contributed by atoms with Crippen LogP contribution in [0.5, 0.6) is 0 Å². The molecule has 0 saturated heterocycles. The Labute approximate surface area is 106 Å². The maximum Gasteiger partial charge on any atom is 0.390 e. The van der Waals surface area contributed by atoms with Crippen LogP contribution in [-0.4, -0.2) is 29.9 Å². The first-order chi connectivity index (χ1) is 9.24. The van der Waals surface area contributed by atoms with Crippen molar-refractivity contribution in [3.05, 3.63) is 53.0 Å². The van der Waals surface area contributed by atoms with E-state index in [1.165, 1.54) is 16.9 Å². The first-order valence-electron chi connectivity index (χ1n) is 5.40. The highest BCUT2D eigenvalue weighted by atomic mass is 16.6. The molecule has 0 unspecified atom stereocenters. The van der Waals surface area contributed by atoms with Gasteiger partial charge in [0.2, 0.25) is 0 Å². The van der Waals surface area contributed by atoms with Crippen molar-refractivity contribution in [2.24, 2.45) is 0 Å². The molecule has 0 aromatic carbocycles. The van der Waals surface area contributed by atoms with Crippen LogP contribution in [0.25, 0.3) is 17.1 Å². The summed E-state index contributed by atoms with van der Waals surface area (Å²) in [6.45, 7) is 0. The van der Waals surface area contributed by atoms with Crippen LogP contribution in [-0.2, 0) is 0 Å². The van der Waals surface area contributed by atoms with E-state index in [1.807, 2.05) is 12.1 Å². The SMILES string of the molecule is O=[N+]([O-])c1ccn(-c2ccc(-c3ccn[nH]3)cn2)n1. The van der Waals surface area contributed by atoms with E-state index in [2.05, 4.69) is 20.3 Å². The van der Waals surface area contributed by atoms with E-state index in [4.69, 9.17) is 0 Å². The predicted molar refractivity (Wildman–Crippen MR) is 65.6 cm³/mol. The fraction of sp³-hybridized carbons (Fsp3) is 0. The Morgan fingerprint density at radius 1 is 1.26 bits per heavy atom. The lowest BCUT2D eigenvalue weighted by molar-refractivity contribution is -0.389. The minimum absolute atomic E-state index is 0.209. The van der Waals surface area contributed by atoms with Gasteiger partial charge in [-0.15, -0.1) is 4.68 Å². The van der Waals surface area contributed by atoms with E-state index in [0.717, 1.165) is 11.3 Å². The summed E-state index contributed by atoms with van der Waals surface area (Å²) < 4.78 is 1.36. The van der Waals surface area contributed by atoms with E-state index in [-0.39, 0.29) is 5.82 Å². The van der Waals surface area contributed by atoms with Gasteiger partial charge < -0.3 is 10.1 Å². The molecule has 0 amide bonds. The highest BCUT2D eigenvalue weighted by Gasteiger charge is 2.12. The normalized spacial score (nSPS) is 10.5. The molecule has 3 aromatic rings. The van der Waals surface area contributed by atoms with Crippen LogP contribution in [0, 0.1) is 10.1 Å². The van der Waals surface area contributed by atoms with Crippen molar-refractivity contribution in [3.8, 4) is 17.1 Å². The Bertz CT molecular complexity index is 701. The van der Waals surface area contributed by atoms with Gasteiger partial charge in [0.05, 0.1) is 23.1 Å². The number of nitrogens with one attached hydrogen (secondary N) is 1. The van der Waals surface area contributed by atoms with E-state index < -0.39 is 4.92 Å². The van der Waals surface area contributed by atoms with Crippen LogP contribution >= 0.6 is 0 Å². The molecule has 0 aliphatic carbocycles. The molecule has 0 aliphatic rings. The third-order valence-corrected chi connectivity index (χ3v) is 2.56. The van der Waals surface area contributed by atoms with Crippen LogP contribution in [0.3, 0.4) is 0 Å². The molecule has 19 heavy (non-hydrogen) atoms. The first-order valence-corrected chi connectivity index (χ1v) is 5.40. The van der Waals surface area contributed by atoms with Gasteiger partial charge in [-0.25, -0.2) is 4.98 Å². The molecule has 3 rings (SSSR count). The van der Waals surface area contributed by atoms with Gasteiger partial charge in [0.15, 0.2) is 5.82 Å². The number of aromatic nitrogens is 5. The quantitative estimate of drug-likeness (QED) is 0.566. The molecule has 8 heteroatoms. The largest absolute Gasteiger partial charge is 0.390 e. The van der Waals surface area contributed by atoms with E-state index in [0.29, 0.717) is 5.82 Å². The fourth-order valence-corrected chi connectivity index (χ4v) is 1.64. The zero-order valence-corrected chi connectivity index (χ0v) is 9.59. The molecule has 3 heterocycles. The summed E-state index contributed by atoms with van der Waals surface area (Å²) >= 11 is 0. The van der Waals surface area contributed by atoms with Crippen molar-refractivity contribution < 1.29 is 4.92 Å². The molecule has 94 valence electrons. The summed E-state index contributed by atoms with van der Waals surface area (Å²) in [7, 11) is 0. The van der Waals surface area contributed by atoms with Crippen LogP contribution in [0.1, 0.15) is 0 Å². The molecule has 3 aromatic heterocycles. The molecular formula is C11H8N6O2. The fourth-order valence-electron chi connectivity index (χ4n) is 1.64. The lowest BCUT2D eigenvalue weighted by Crippen LogP contribution is -1.99. The summed E-state index contributed by atoms with van der Waals surface area (Å²) in [5.41, 5.74) is 1.73. The van der Waals surface area contributed by atoms with Gasteiger partial charge in [-0.2, -0.15) is 5.10 Å². The van der Waals surface area contributed by atoms with E-state index >= 15 is 0 Å². The monoisotopic (exact) mass is 256 g/mol. The summed E-state index contributed by atoms with van der Waals surface area (Å²) in [6, 6.07) is 6.72. The zero-order valence-electron chi connectivity index (χ0n) is 9.59. The highest BCUT2D eigenvalue weighted by molar-refractivity contribution is 5.57. The number of hydrogen-bond donors (Lipinski definition) is 1. The van der Waals surface area contributed by atoms with Crippen molar-refractivity contribution in [3.63, 3.8) is 0 Å². The van der Waals surface area contributed by atoms with Gasteiger partial charge in [-0.1, -0.05) is 0 Å². The maximum absolute atomic E-state index is 10.6. The molecule has 0 atom stereocenters. The van der Waals surface area contributed by atoms with Crippen molar-refractivity contribution in [2.45, 2.75) is 0 Å². The lowest BCUT2D eigenvalue weighted by Gasteiger charge is -1.98. The Morgan fingerprint density at radius 3 is 2.74 bits per heavy atom. The Kier molecular flexibility index (Phi) is 2.53. The van der Waals surface area contributed by atoms with Gasteiger partial charge in [0.25, 0.3) is 0 Å². The summed E-state index contributed by atoms with van der Waals surface area (Å²) in [6.07, 6.45) is 4.80. The molecule has 8 nitrogen and oxygen atoms in total. The van der Waals surface area contributed by atoms with Crippen LogP contribution in [0.15, 0.2) is 42.9 Å². The minimum Gasteiger partial charge on any atom is -0.358 e. The third kappa shape index (κ3) is 2.06. The van der Waals surface area contributed by atoms with Crippen LogP contribution < -0.4 is 0 Å². The summed E-state index contributed by atoms with van der Waals surface area (Å²) in [4.78, 5) is 14.2. The molecule has 0 saturated carbocycles. The number of nitrogens with zero attached hydrogens (tertiary/aromatic N) is 5. The van der Waals surface area contributed by atoms with Crippen LogP contribution in [0.4, 0.5) is 5.82 Å². The van der Waals surface area contributed by atoms with Gasteiger partial charge >= 0.3 is 5.82 Å². The van der Waals surface area contributed by atoms with Crippen molar-refractivity contribution >= 4 is 5.82 Å². The number of nitro groups is 1. The molecule has 0 radical (unpaired) electrons. The number of H-pyrrole nitrogens is 1. The second-order valence-electron chi connectivity index (χ2n) is 3.75. The standard InChI is InChI=1S/C11H8N6O2/c18-17(19)11-4-6-16(15-11)10-2-1-8(7-12-10)9-3-5-13-14-9/h1-7H,(H,13,14). The van der Waals surface area contributed by atoms with Gasteiger partial charge in [0, 0.05) is 18.0 Å². The minimum atomic E-state index is -0.546. The number of aromatic amines is 1. The Hall–Kier alpha value is -3.03. The van der Waals surface area contributed by atoms with E-state index in [9.17, 15) is 10.1 Å². The summed E-state index contributed by atoms with van der Waals surface area (Å²) in [5, 5.41) is 21.0. The molecular weight excluding hydrogens is 248 g/mol. The number of rotatable bonds is 3. The first kappa shape index (κ1) is 11.1. The third-order valence-electron chi connectivity index (χ3n) is 2.56. The van der Waals surface area contributed by atoms with Crippen molar-refractivity contribution in [1.29, 1.82) is 0 Å². The van der Waals surface area contributed by atoms with Gasteiger partial charge in [0.1, 0.15) is 0 Å². The second kappa shape index (κ2) is 4.33. The molecule has 0 bridgehead atoms. The zero-order chi connectivity index (χ0) is 13.2. The molecule has 0 spiro atoms. The van der Waals surface area contributed by atoms with Gasteiger partial charge in [-0.3, -0.25) is 5.10 Å². The average Bonchev–Trinajstić information content (AvgIpc) is 3.11. The molecule has 1 N–H and O–H groups in total. The average molecular weight is 256 g/mol. The second-order valence-corrected chi connectivity index (χ2v) is 3.75. The lowest BCUT2D eigenvalue weighted by atomic mass is 10.2.